The van der Waals surface area contributed by atoms with Gasteiger partial charge in [0.1, 0.15) is 0 Å². The first-order valence-electron chi connectivity index (χ1n) is 9.65. The molecule has 1 aliphatic heterocycles. The molecule has 156 valence electrons. The molecule has 1 amide bonds. The summed E-state index contributed by atoms with van der Waals surface area (Å²) >= 11 is 1.56. The van der Waals surface area contributed by atoms with Crippen molar-refractivity contribution in [2.45, 2.75) is 29.1 Å². The van der Waals surface area contributed by atoms with Crippen molar-refractivity contribution in [1.82, 2.24) is 4.31 Å². The number of nitrogens with zero attached hydrogens (tertiary/aromatic N) is 1. The predicted octanol–water partition coefficient (Wildman–Crippen LogP) is 3.85. The molecular weight excluding hydrogens is 408 g/mol. The van der Waals surface area contributed by atoms with Crippen LogP contribution in [-0.4, -0.2) is 51.2 Å². The minimum atomic E-state index is -3.47. The molecule has 0 aromatic heterocycles. The highest BCUT2D eigenvalue weighted by Crippen LogP contribution is 2.25. The molecular formula is C21H26N2O4S2. The van der Waals surface area contributed by atoms with Gasteiger partial charge in [0.05, 0.1) is 17.1 Å². The zero-order valence-corrected chi connectivity index (χ0v) is 18.1. The number of nitrogens with one attached hydrogen (secondary N) is 1. The molecule has 3 rings (SSSR count). The predicted molar refractivity (Wildman–Crippen MR) is 116 cm³/mol. The van der Waals surface area contributed by atoms with E-state index in [0.717, 1.165) is 29.9 Å². The van der Waals surface area contributed by atoms with Crippen LogP contribution in [0.3, 0.4) is 0 Å². The van der Waals surface area contributed by atoms with Gasteiger partial charge in [-0.25, -0.2) is 8.42 Å². The average Bonchev–Trinajstić information content (AvgIpc) is 2.75. The van der Waals surface area contributed by atoms with Crippen LogP contribution < -0.4 is 5.32 Å². The number of amides is 1. The smallest absolute Gasteiger partial charge is 0.256 e. The first-order valence-corrected chi connectivity index (χ1v) is 12.1. The fraction of sp³-hybridized carbons (Fsp3) is 0.381. The van der Waals surface area contributed by atoms with E-state index < -0.39 is 10.0 Å². The van der Waals surface area contributed by atoms with Crippen LogP contribution in [0.4, 0.5) is 5.69 Å². The summed E-state index contributed by atoms with van der Waals surface area (Å²) in [7, 11) is -1.83. The molecule has 29 heavy (non-hydrogen) atoms. The first kappa shape index (κ1) is 21.8. The zero-order chi connectivity index (χ0) is 20.7. The van der Waals surface area contributed by atoms with Crippen LogP contribution >= 0.6 is 11.8 Å². The van der Waals surface area contributed by atoms with Crippen LogP contribution in [0.25, 0.3) is 0 Å². The molecule has 0 bridgehead atoms. The lowest BCUT2D eigenvalue weighted by atomic mass is 10.2. The first-order chi connectivity index (χ1) is 14.0. The number of anilines is 1. The number of hydrogen-bond donors (Lipinski definition) is 1. The van der Waals surface area contributed by atoms with E-state index in [0.29, 0.717) is 30.9 Å². The number of sulfonamides is 1. The molecule has 1 aliphatic rings. The normalized spacial score (nSPS) is 15.2. The van der Waals surface area contributed by atoms with E-state index in [1.54, 1.807) is 49.2 Å². The van der Waals surface area contributed by atoms with Gasteiger partial charge in [-0.2, -0.15) is 4.31 Å². The molecule has 8 heteroatoms. The van der Waals surface area contributed by atoms with Gasteiger partial charge in [0.25, 0.3) is 5.91 Å². The van der Waals surface area contributed by atoms with E-state index >= 15 is 0 Å². The molecule has 0 saturated carbocycles. The van der Waals surface area contributed by atoms with E-state index in [1.165, 1.54) is 4.31 Å². The van der Waals surface area contributed by atoms with E-state index in [9.17, 15) is 13.2 Å². The standard InChI is InChI=1S/C21H26N2O4S2/c1-27-15-16-28-20-8-4-3-7-19(20)21(24)22-17-9-11-18(12-10-17)29(25,26)23-13-5-2-6-14-23/h3-4,7-12H,2,5-6,13-16H2,1H3,(H,22,24). The van der Waals surface area contributed by atoms with Crippen LogP contribution in [0.5, 0.6) is 0 Å². The molecule has 0 spiro atoms. The highest BCUT2D eigenvalue weighted by Gasteiger charge is 2.25. The number of carbonyl (C=O) groups is 1. The Labute approximate surface area is 176 Å². The van der Waals surface area contributed by atoms with Crippen LogP contribution in [0.1, 0.15) is 29.6 Å². The summed E-state index contributed by atoms with van der Waals surface area (Å²) in [6.45, 7) is 1.74. The monoisotopic (exact) mass is 434 g/mol. The van der Waals surface area contributed by atoms with Gasteiger partial charge >= 0.3 is 0 Å². The Hall–Kier alpha value is -1.87. The number of rotatable bonds is 8. The minimum Gasteiger partial charge on any atom is -0.384 e. The Kier molecular flexibility index (Phi) is 7.71. The number of benzene rings is 2. The molecule has 1 N–H and O–H groups in total. The summed E-state index contributed by atoms with van der Waals surface area (Å²) in [5.74, 6) is 0.529. The van der Waals surface area contributed by atoms with Gasteiger partial charge in [0, 0.05) is 36.5 Å². The molecule has 1 heterocycles. The maximum absolute atomic E-state index is 12.7. The second-order valence-electron chi connectivity index (χ2n) is 6.78. The van der Waals surface area contributed by atoms with Gasteiger partial charge < -0.3 is 10.1 Å². The molecule has 0 unspecified atom stereocenters. The van der Waals surface area contributed by atoms with Crippen molar-refractivity contribution < 1.29 is 17.9 Å². The van der Waals surface area contributed by atoms with Crippen molar-refractivity contribution in [2.75, 3.05) is 37.9 Å². The van der Waals surface area contributed by atoms with E-state index in [-0.39, 0.29) is 10.8 Å². The Morgan fingerprint density at radius 2 is 1.76 bits per heavy atom. The maximum atomic E-state index is 12.7. The van der Waals surface area contributed by atoms with Crippen molar-refractivity contribution in [2.24, 2.45) is 0 Å². The second kappa shape index (κ2) is 10.2. The van der Waals surface area contributed by atoms with Crippen molar-refractivity contribution in [3.63, 3.8) is 0 Å². The van der Waals surface area contributed by atoms with Crippen LogP contribution in [-0.2, 0) is 14.8 Å². The van der Waals surface area contributed by atoms with Gasteiger partial charge in [-0.05, 0) is 49.2 Å². The number of hydrogen-bond acceptors (Lipinski definition) is 5. The quantitative estimate of drug-likeness (QED) is 0.504. The largest absolute Gasteiger partial charge is 0.384 e. The van der Waals surface area contributed by atoms with Gasteiger partial charge in [-0.15, -0.1) is 11.8 Å². The molecule has 0 radical (unpaired) electrons. The Morgan fingerprint density at radius 1 is 1.07 bits per heavy atom. The fourth-order valence-electron chi connectivity index (χ4n) is 3.18. The lowest BCUT2D eigenvalue weighted by Gasteiger charge is -2.25. The third-order valence-electron chi connectivity index (χ3n) is 4.74. The van der Waals surface area contributed by atoms with Crippen molar-refractivity contribution in [3.8, 4) is 0 Å². The van der Waals surface area contributed by atoms with E-state index in [4.69, 9.17) is 4.74 Å². The maximum Gasteiger partial charge on any atom is 0.256 e. The molecule has 0 atom stereocenters. The molecule has 2 aromatic rings. The van der Waals surface area contributed by atoms with Crippen LogP contribution in [0.2, 0.25) is 0 Å². The summed E-state index contributed by atoms with van der Waals surface area (Å²) in [6.07, 6.45) is 2.87. The SMILES string of the molecule is COCCSc1ccccc1C(=O)Nc1ccc(S(=O)(=O)N2CCCCC2)cc1. The lowest BCUT2D eigenvalue weighted by molar-refractivity contribution is 0.102. The van der Waals surface area contributed by atoms with Crippen molar-refractivity contribution in [3.05, 3.63) is 54.1 Å². The van der Waals surface area contributed by atoms with Gasteiger partial charge in [-0.3, -0.25) is 4.79 Å². The number of methoxy groups -OCH3 is 1. The third kappa shape index (κ3) is 5.60. The molecule has 0 aliphatic carbocycles. The van der Waals surface area contributed by atoms with Crippen LogP contribution in [0.15, 0.2) is 58.3 Å². The molecule has 6 nitrogen and oxygen atoms in total. The summed E-state index contributed by atoms with van der Waals surface area (Å²) in [5.41, 5.74) is 1.14. The summed E-state index contributed by atoms with van der Waals surface area (Å²) < 4.78 is 32.1. The Morgan fingerprint density at radius 3 is 2.45 bits per heavy atom. The van der Waals surface area contributed by atoms with Gasteiger partial charge in [0.2, 0.25) is 10.0 Å². The Bertz CT molecular complexity index is 924. The molecule has 1 saturated heterocycles. The van der Waals surface area contributed by atoms with E-state index in [2.05, 4.69) is 5.32 Å². The third-order valence-corrected chi connectivity index (χ3v) is 7.69. The topological polar surface area (TPSA) is 75.7 Å². The molecule has 1 fully saturated rings. The highest BCUT2D eigenvalue weighted by atomic mass is 32.2. The second-order valence-corrected chi connectivity index (χ2v) is 9.86. The number of piperidine rings is 1. The minimum absolute atomic E-state index is 0.225. The number of ether oxygens (including phenoxy) is 1. The summed E-state index contributed by atoms with van der Waals surface area (Å²) in [6, 6.07) is 13.8. The Balaban J connectivity index is 1.69. The fourth-order valence-corrected chi connectivity index (χ4v) is 5.66. The zero-order valence-electron chi connectivity index (χ0n) is 16.5. The summed E-state index contributed by atoms with van der Waals surface area (Å²) in [5, 5.41) is 2.86. The summed E-state index contributed by atoms with van der Waals surface area (Å²) in [4.78, 5) is 13.9. The van der Waals surface area contributed by atoms with Crippen LogP contribution in [0, 0.1) is 0 Å². The highest BCUT2D eigenvalue weighted by molar-refractivity contribution is 7.99. The van der Waals surface area contributed by atoms with Gasteiger partial charge in [-0.1, -0.05) is 18.6 Å². The van der Waals surface area contributed by atoms with Crippen molar-refractivity contribution in [1.29, 1.82) is 0 Å². The number of carbonyl (C=O) groups excluding carboxylic acids is 1. The number of thioether (sulfide) groups is 1. The molecule has 2 aromatic carbocycles. The lowest BCUT2D eigenvalue weighted by Crippen LogP contribution is -2.35. The van der Waals surface area contributed by atoms with Crippen molar-refractivity contribution >= 4 is 33.4 Å². The van der Waals surface area contributed by atoms with E-state index in [1.807, 2.05) is 18.2 Å². The van der Waals surface area contributed by atoms with Gasteiger partial charge in [0.15, 0.2) is 0 Å². The average molecular weight is 435 g/mol.